The molecule has 21 heteroatoms. The first kappa shape index (κ1) is 72.6. The second kappa shape index (κ2) is 42.4. The fourth-order valence-corrected chi connectivity index (χ4v) is 12.4. The van der Waals surface area contributed by atoms with Crippen molar-refractivity contribution in [3.63, 3.8) is 0 Å². The van der Waals surface area contributed by atoms with E-state index in [0.29, 0.717) is 30.7 Å². The van der Waals surface area contributed by atoms with E-state index in [4.69, 9.17) is 81.2 Å². The Morgan fingerprint density at radius 3 is 1.40 bits per heavy atom. The predicted octanol–water partition coefficient (Wildman–Crippen LogP) is 12.6. The first-order valence-electron chi connectivity index (χ1n) is 25.7. The lowest BCUT2D eigenvalue weighted by Gasteiger charge is -2.02. The van der Waals surface area contributed by atoms with Crippen molar-refractivity contribution in [2.75, 3.05) is 0 Å². The minimum Gasteiger partial charge on any atom is -0.207 e. The van der Waals surface area contributed by atoms with Crippen LogP contribution in [0, 0.1) is 40.7 Å². The smallest absolute Gasteiger partial charge is 0.144 e. The van der Waals surface area contributed by atoms with E-state index in [-0.39, 0.29) is 50.8 Å². The second-order valence-corrected chi connectivity index (χ2v) is 27.3. The van der Waals surface area contributed by atoms with Gasteiger partial charge in [-0.05, 0) is 175 Å². The maximum atomic E-state index is 13.1. The zero-order chi connectivity index (χ0) is 57.9. The summed E-state index contributed by atoms with van der Waals surface area (Å²) in [7, 11) is 7.96. The first-order valence-corrected chi connectivity index (χ1v) is 38.3. The van der Waals surface area contributed by atoms with Gasteiger partial charge in [0, 0.05) is 102 Å². The minimum absolute atomic E-state index is 0.134. The lowest BCUT2D eigenvalue weighted by atomic mass is 10.1. The van der Waals surface area contributed by atoms with Crippen molar-refractivity contribution in [2.24, 2.45) is 0 Å². The average Bonchev–Trinajstić information content (AvgIpc) is 3.37. The molecule has 0 aliphatic rings. The number of halogens is 14. The Balaban J connectivity index is 0.000000449. The fourth-order valence-electron chi connectivity index (χ4n) is 7.06. The monoisotopic (exact) mass is 1320 g/mol. The van der Waals surface area contributed by atoms with Crippen molar-refractivity contribution in [1.29, 1.82) is 0 Å². The molecule has 0 saturated carbocycles. The molecule has 0 spiro atoms. The Labute approximate surface area is 508 Å². The largest absolute Gasteiger partial charge is 0.207 e. The van der Waals surface area contributed by atoms with Gasteiger partial charge in [0.15, 0.2) is 0 Å². The molecule has 0 nitrogen and oxygen atoms in total. The Bertz CT molecular complexity index is 2700. The number of hydrogen-bond acceptors (Lipinski definition) is 0. The number of hydrogen-bond donors (Lipinski definition) is 0. The van der Waals surface area contributed by atoms with Gasteiger partial charge in [-0.3, -0.25) is 0 Å². The molecule has 0 unspecified atom stereocenters. The van der Waals surface area contributed by atoms with Crippen molar-refractivity contribution in [3.05, 3.63) is 242 Å². The third-order valence-corrected chi connectivity index (χ3v) is 16.3. The quantitative estimate of drug-likeness (QED) is 0.0752. The van der Waals surface area contributed by atoms with E-state index >= 15 is 0 Å². The summed E-state index contributed by atoms with van der Waals surface area (Å²) in [5.41, 5.74) is 6.28. The molecule has 0 saturated heterocycles. The summed E-state index contributed by atoms with van der Waals surface area (Å²) < 4.78 is 89.4. The molecule has 420 valence electrons. The Morgan fingerprint density at radius 1 is 0.286 bits per heavy atom. The van der Waals surface area contributed by atoms with Gasteiger partial charge in [0.25, 0.3) is 0 Å². The summed E-state index contributed by atoms with van der Waals surface area (Å²) in [6.07, 6.45) is 6.26. The summed E-state index contributed by atoms with van der Waals surface area (Å²) in [5.74, 6) is -1.57. The molecule has 0 atom stereocenters. The zero-order valence-corrected chi connectivity index (χ0v) is 64.1. The van der Waals surface area contributed by atoms with Gasteiger partial charge in [-0.2, -0.15) is 0 Å². The normalized spacial score (nSPS) is 10.4. The molecule has 0 aromatic heterocycles. The van der Waals surface area contributed by atoms with Crippen LogP contribution in [-0.4, -0.2) is 71.7 Å². The minimum atomic E-state index is -0.330. The molecule has 0 amide bonds. The highest BCUT2D eigenvalue weighted by Gasteiger charge is 2.06. The third-order valence-electron chi connectivity index (χ3n) is 10.7. The molecule has 0 N–H and O–H groups in total. The van der Waals surface area contributed by atoms with E-state index < -0.39 is 0 Å². The van der Waals surface area contributed by atoms with Crippen molar-refractivity contribution < 1.29 is 30.7 Å². The van der Waals surface area contributed by atoms with Crippen LogP contribution in [0.1, 0.15) is 38.9 Å². The van der Waals surface area contributed by atoms with Crippen molar-refractivity contribution >= 4 is 153 Å². The number of benzene rings is 7. The number of aryl methyl sites for hydroxylation is 6. The van der Waals surface area contributed by atoms with Crippen LogP contribution in [0.2, 0.25) is 77.5 Å². The van der Waals surface area contributed by atoms with Gasteiger partial charge in [-0.1, -0.05) is 154 Å². The summed E-state index contributed by atoms with van der Waals surface area (Å²) in [6, 6.07) is 41.3. The standard InChI is InChI=1S/7C8H10ClFSi/c9-7-3-6(1-2-11)4-8(10)5-7;9-8-2-1-7(10)5-6(8)3-4-11;9-7-1-2-8(10)6(5-7)3-4-11;9-8-5-7(10)2-1-6(8)3-4-11;9-7-5-6(3-4-11)1-2-8(7)10;9-7-2-1-3-8(10)6(7)4-5-11;9-7-3-1-2-6(4-5-11)8(7)10/h3-5H,1-2H2,11H3;4*1-2,5H,3-4H2,11H3;2*1-3H,4-5H2,11H3. The second-order valence-electron chi connectivity index (χ2n) is 17.4. The molecule has 0 bridgehead atoms. The summed E-state index contributed by atoms with van der Waals surface area (Å²) in [6.45, 7) is 0. The maximum Gasteiger partial charge on any atom is 0.144 e. The molecule has 7 rings (SSSR count). The number of rotatable bonds is 14. The Kier molecular flexibility index (Phi) is 40.0. The van der Waals surface area contributed by atoms with Gasteiger partial charge < -0.3 is 0 Å². The summed E-state index contributed by atoms with van der Waals surface area (Å²) >= 11 is 39.9. The van der Waals surface area contributed by atoms with Crippen LogP contribution in [0.3, 0.4) is 0 Å². The van der Waals surface area contributed by atoms with Gasteiger partial charge >= 0.3 is 0 Å². The lowest BCUT2D eigenvalue weighted by molar-refractivity contribution is 0.612. The molecule has 0 aliphatic heterocycles. The zero-order valence-electron chi connectivity index (χ0n) is 44.8. The van der Waals surface area contributed by atoms with Crippen molar-refractivity contribution in [3.8, 4) is 0 Å². The summed E-state index contributed by atoms with van der Waals surface area (Å²) in [5, 5.41) is 3.38. The molecular formula is C56H70Cl7F7Si7. The SMILES string of the molecule is Fc1c(Cl)cccc1CC[SiH3].Fc1cc(Cl)cc(CC[SiH3])c1.Fc1ccc(CC[SiH3])c(Cl)c1.Fc1ccc(CC[SiH3])cc1Cl.Fc1ccc(Cl)c(CC[SiH3])c1.Fc1ccc(Cl)cc1CC[SiH3].Fc1cccc(Cl)c1CC[SiH3]. The van der Waals surface area contributed by atoms with E-state index in [1.165, 1.54) is 81.1 Å². The van der Waals surface area contributed by atoms with Crippen LogP contribution >= 0.6 is 81.2 Å². The van der Waals surface area contributed by atoms with Gasteiger partial charge in [0.2, 0.25) is 0 Å². The molecule has 0 heterocycles. The topological polar surface area (TPSA) is 0 Å². The molecule has 7 aromatic carbocycles. The van der Waals surface area contributed by atoms with Crippen LogP contribution in [-0.2, 0) is 44.9 Å². The van der Waals surface area contributed by atoms with Crippen LogP contribution in [0.15, 0.2) is 127 Å². The van der Waals surface area contributed by atoms with Crippen LogP contribution in [0.5, 0.6) is 0 Å². The van der Waals surface area contributed by atoms with Crippen LogP contribution in [0.25, 0.3) is 0 Å². The van der Waals surface area contributed by atoms with Crippen LogP contribution in [0.4, 0.5) is 30.7 Å². The lowest BCUT2D eigenvalue weighted by Crippen LogP contribution is -1.90. The molecule has 0 fully saturated rings. The molecule has 0 radical (unpaired) electrons. The molecule has 7 aromatic rings. The van der Waals surface area contributed by atoms with E-state index in [9.17, 15) is 30.7 Å². The van der Waals surface area contributed by atoms with Gasteiger partial charge in [-0.15, -0.1) is 0 Å². The average molecular weight is 1320 g/mol. The molecular weight excluding hydrogens is 1250 g/mol. The van der Waals surface area contributed by atoms with E-state index in [1.54, 1.807) is 72.8 Å². The molecule has 77 heavy (non-hydrogen) atoms. The predicted molar refractivity (Wildman–Crippen MR) is 349 cm³/mol. The fraction of sp³-hybridized carbons (Fsp3) is 0.250. The highest BCUT2D eigenvalue weighted by molar-refractivity contribution is 6.33. The first-order chi connectivity index (χ1) is 36.7. The molecule has 0 aliphatic carbocycles. The van der Waals surface area contributed by atoms with E-state index in [0.717, 1.165) is 160 Å². The van der Waals surface area contributed by atoms with Crippen molar-refractivity contribution in [1.82, 2.24) is 0 Å². The third kappa shape index (κ3) is 30.8. The Morgan fingerprint density at radius 2 is 0.818 bits per heavy atom. The van der Waals surface area contributed by atoms with Gasteiger partial charge in [0.1, 0.15) is 40.7 Å². The maximum absolute atomic E-state index is 13.1. The summed E-state index contributed by atoms with van der Waals surface area (Å²) in [4.78, 5) is 0. The van der Waals surface area contributed by atoms with Gasteiger partial charge in [0.05, 0.1) is 10.0 Å². The van der Waals surface area contributed by atoms with Crippen LogP contribution < -0.4 is 0 Å². The van der Waals surface area contributed by atoms with Gasteiger partial charge in [-0.25, -0.2) is 30.7 Å². The van der Waals surface area contributed by atoms with E-state index in [2.05, 4.69) is 0 Å². The Hall–Kier alpha value is -2.40. The van der Waals surface area contributed by atoms with Crippen molar-refractivity contribution in [2.45, 2.75) is 87.3 Å². The highest BCUT2D eigenvalue weighted by atomic mass is 35.5. The van der Waals surface area contributed by atoms with E-state index in [1.807, 2.05) is 6.07 Å². The highest BCUT2D eigenvalue weighted by Crippen LogP contribution is 2.23.